The smallest absolute Gasteiger partial charge is 0.310 e. The summed E-state index contributed by atoms with van der Waals surface area (Å²) in [5, 5.41) is 18.8. The van der Waals surface area contributed by atoms with E-state index in [1.54, 1.807) is 24.3 Å². The van der Waals surface area contributed by atoms with E-state index in [1.807, 2.05) is 6.92 Å². The van der Waals surface area contributed by atoms with Gasteiger partial charge in [-0.05, 0) is 31.5 Å². The highest BCUT2D eigenvalue weighted by Crippen LogP contribution is 2.21. The van der Waals surface area contributed by atoms with Crippen molar-refractivity contribution < 1.29 is 24.5 Å². The monoisotopic (exact) mass is 293 g/mol. The molecule has 2 atom stereocenters. The molecule has 1 aromatic rings. The number of carbonyl (C=O) groups excluding carboxylic acids is 1. The molecule has 6 nitrogen and oxygen atoms in total. The zero-order valence-corrected chi connectivity index (χ0v) is 11.9. The Hall–Kier alpha value is -2.08. The second kappa shape index (κ2) is 6.58. The Morgan fingerprint density at radius 1 is 1.43 bits per heavy atom. The van der Waals surface area contributed by atoms with E-state index in [-0.39, 0.29) is 18.9 Å². The lowest BCUT2D eigenvalue weighted by molar-refractivity contribution is -0.148. The van der Waals surface area contributed by atoms with Crippen LogP contribution < -0.4 is 4.74 Å². The minimum absolute atomic E-state index is 0.0220. The van der Waals surface area contributed by atoms with Gasteiger partial charge in [-0.15, -0.1) is 0 Å². The quantitative estimate of drug-likeness (QED) is 0.864. The number of likely N-dealkylation sites (tertiary alicyclic amines) is 1. The fourth-order valence-electron chi connectivity index (χ4n) is 2.43. The summed E-state index contributed by atoms with van der Waals surface area (Å²) in [5.41, 5.74) is 0.460. The van der Waals surface area contributed by atoms with E-state index in [0.717, 1.165) is 0 Å². The number of aliphatic hydroxyl groups is 1. The molecule has 0 bridgehead atoms. The van der Waals surface area contributed by atoms with Gasteiger partial charge in [-0.3, -0.25) is 9.59 Å². The molecular weight excluding hydrogens is 274 g/mol. The number of aliphatic carboxylic acids is 1. The van der Waals surface area contributed by atoms with E-state index in [4.69, 9.17) is 9.84 Å². The van der Waals surface area contributed by atoms with Crippen LogP contribution in [0.3, 0.4) is 0 Å². The molecule has 1 aromatic carbocycles. The fraction of sp³-hybridized carbons (Fsp3) is 0.467. The molecule has 0 saturated carbocycles. The molecule has 0 aromatic heterocycles. The largest absolute Gasteiger partial charge is 0.494 e. The van der Waals surface area contributed by atoms with Crippen LogP contribution in [0.25, 0.3) is 0 Å². The van der Waals surface area contributed by atoms with Crippen LogP contribution in [0.2, 0.25) is 0 Å². The standard InChI is InChI=1S/C15H19NO5/c1-2-21-11-5-3-4-10(8-11)14(18)16-7-6-13(17)12(9-16)15(19)20/h3-5,8,12-13,17H,2,6-7,9H2,1H3,(H,19,20)/t12-,13+/m1/s1. The van der Waals surface area contributed by atoms with Crippen LogP contribution in [0.4, 0.5) is 0 Å². The highest BCUT2D eigenvalue weighted by molar-refractivity contribution is 5.95. The summed E-state index contributed by atoms with van der Waals surface area (Å²) >= 11 is 0. The Morgan fingerprint density at radius 3 is 2.86 bits per heavy atom. The third kappa shape index (κ3) is 3.52. The Kier molecular flexibility index (Phi) is 4.80. The molecule has 2 rings (SSSR count). The minimum atomic E-state index is -1.08. The molecule has 1 heterocycles. The molecule has 0 spiro atoms. The molecule has 1 amide bonds. The van der Waals surface area contributed by atoms with Crippen molar-refractivity contribution in [1.82, 2.24) is 4.90 Å². The molecule has 1 aliphatic rings. The first-order valence-corrected chi connectivity index (χ1v) is 6.96. The lowest BCUT2D eigenvalue weighted by Crippen LogP contribution is -2.48. The summed E-state index contributed by atoms with van der Waals surface area (Å²) in [5.74, 6) is -1.65. The number of carboxylic acid groups (broad SMARTS) is 1. The zero-order chi connectivity index (χ0) is 15.4. The second-order valence-electron chi connectivity index (χ2n) is 5.01. The van der Waals surface area contributed by atoms with Crippen molar-refractivity contribution in [1.29, 1.82) is 0 Å². The Bertz CT molecular complexity index is 531. The normalized spacial score (nSPS) is 21.9. The van der Waals surface area contributed by atoms with Crippen LogP contribution in [-0.4, -0.2) is 52.8 Å². The first-order valence-electron chi connectivity index (χ1n) is 6.96. The molecule has 0 aliphatic carbocycles. The summed E-state index contributed by atoms with van der Waals surface area (Å²) in [4.78, 5) is 25.0. The van der Waals surface area contributed by atoms with Crippen molar-refractivity contribution in [2.24, 2.45) is 5.92 Å². The predicted molar refractivity (Wildman–Crippen MR) is 75.3 cm³/mol. The molecule has 1 fully saturated rings. The van der Waals surface area contributed by atoms with Crippen LogP contribution in [-0.2, 0) is 4.79 Å². The SMILES string of the molecule is CCOc1cccc(C(=O)N2CC[C@H](O)[C@H](C(=O)O)C2)c1. The highest BCUT2D eigenvalue weighted by Gasteiger charge is 2.35. The fourth-order valence-corrected chi connectivity index (χ4v) is 2.43. The number of ether oxygens (including phenoxy) is 1. The number of hydrogen-bond donors (Lipinski definition) is 2. The van der Waals surface area contributed by atoms with Crippen molar-refractivity contribution in [2.45, 2.75) is 19.4 Å². The number of carbonyl (C=O) groups is 2. The van der Waals surface area contributed by atoms with Crippen LogP contribution in [0.1, 0.15) is 23.7 Å². The molecule has 21 heavy (non-hydrogen) atoms. The molecule has 114 valence electrons. The Labute approximate surface area is 122 Å². The maximum atomic E-state index is 12.4. The predicted octanol–water partition coefficient (Wildman–Crippen LogP) is 0.993. The van der Waals surface area contributed by atoms with Gasteiger partial charge in [0, 0.05) is 18.7 Å². The van der Waals surface area contributed by atoms with Crippen LogP contribution in [0.5, 0.6) is 5.75 Å². The van der Waals surface area contributed by atoms with Gasteiger partial charge in [-0.25, -0.2) is 0 Å². The van der Waals surface area contributed by atoms with Gasteiger partial charge in [0.05, 0.1) is 12.7 Å². The van der Waals surface area contributed by atoms with Crippen LogP contribution >= 0.6 is 0 Å². The number of carboxylic acids is 1. The molecule has 1 aliphatic heterocycles. The van der Waals surface area contributed by atoms with Crippen LogP contribution in [0.15, 0.2) is 24.3 Å². The lowest BCUT2D eigenvalue weighted by Gasteiger charge is -2.34. The Balaban J connectivity index is 2.12. The van der Waals surface area contributed by atoms with Gasteiger partial charge in [-0.1, -0.05) is 6.07 Å². The number of benzene rings is 1. The first-order chi connectivity index (χ1) is 10.0. The number of piperidine rings is 1. The maximum absolute atomic E-state index is 12.4. The Morgan fingerprint density at radius 2 is 2.19 bits per heavy atom. The van der Waals surface area contributed by atoms with Gasteiger partial charge in [0.2, 0.25) is 0 Å². The summed E-state index contributed by atoms with van der Waals surface area (Å²) in [6.07, 6.45) is -0.630. The summed E-state index contributed by atoms with van der Waals surface area (Å²) in [6, 6.07) is 6.81. The third-order valence-corrected chi connectivity index (χ3v) is 3.57. The first kappa shape index (κ1) is 15.3. The van der Waals surface area contributed by atoms with Gasteiger partial charge in [0.25, 0.3) is 5.91 Å². The molecule has 2 N–H and O–H groups in total. The van der Waals surface area contributed by atoms with E-state index in [9.17, 15) is 14.7 Å². The van der Waals surface area contributed by atoms with Crippen LogP contribution in [0, 0.1) is 5.92 Å². The summed E-state index contributed by atoms with van der Waals surface area (Å²) < 4.78 is 5.36. The van der Waals surface area contributed by atoms with Gasteiger partial charge in [0.15, 0.2) is 0 Å². The van der Waals surface area contributed by atoms with Crippen molar-refractivity contribution in [3.05, 3.63) is 29.8 Å². The van der Waals surface area contributed by atoms with Crippen molar-refractivity contribution in [2.75, 3.05) is 19.7 Å². The lowest BCUT2D eigenvalue weighted by atomic mass is 9.94. The highest BCUT2D eigenvalue weighted by atomic mass is 16.5. The van der Waals surface area contributed by atoms with E-state index in [0.29, 0.717) is 24.5 Å². The molecule has 6 heteroatoms. The van der Waals surface area contributed by atoms with E-state index in [2.05, 4.69) is 0 Å². The van der Waals surface area contributed by atoms with Crippen molar-refractivity contribution in [3.63, 3.8) is 0 Å². The number of rotatable bonds is 4. The number of amides is 1. The van der Waals surface area contributed by atoms with E-state index in [1.165, 1.54) is 4.90 Å². The number of nitrogens with zero attached hydrogens (tertiary/aromatic N) is 1. The molecule has 0 radical (unpaired) electrons. The summed E-state index contributed by atoms with van der Waals surface area (Å²) in [6.45, 7) is 2.74. The summed E-state index contributed by atoms with van der Waals surface area (Å²) in [7, 11) is 0. The van der Waals surface area contributed by atoms with Gasteiger partial charge < -0.3 is 19.8 Å². The second-order valence-corrected chi connectivity index (χ2v) is 5.01. The molecular formula is C15H19NO5. The minimum Gasteiger partial charge on any atom is -0.494 e. The zero-order valence-electron chi connectivity index (χ0n) is 11.9. The molecule has 1 saturated heterocycles. The van der Waals surface area contributed by atoms with Gasteiger partial charge in [0.1, 0.15) is 11.7 Å². The van der Waals surface area contributed by atoms with Gasteiger partial charge >= 0.3 is 5.97 Å². The van der Waals surface area contributed by atoms with Gasteiger partial charge in [-0.2, -0.15) is 0 Å². The third-order valence-electron chi connectivity index (χ3n) is 3.57. The van der Waals surface area contributed by atoms with Crippen molar-refractivity contribution >= 4 is 11.9 Å². The maximum Gasteiger partial charge on any atom is 0.310 e. The average Bonchev–Trinajstić information content (AvgIpc) is 2.47. The van der Waals surface area contributed by atoms with E-state index < -0.39 is 18.0 Å². The number of aliphatic hydroxyl groups excluding tert-OH is 1. The van der Waals surface area contributed by atoms with Crippen molar-refractivity contribution in [3.8, 4) is 5.75 Å². The number of hydrogen-bond acceptors (Lipinski definition) is 4. The molecule has 0 unspecified atom stereocenters. The van der Waals surface area contributed by atoms with E-state index >= 15 is 0 Å². The average molecular weight is 293 g/mol. The topological polar surface area (TPSA) is 87.1 Å².